The number of nitrogens with zero attached hydrogens (tertiary/aromatic N) is 2. The van der Waals surface area contributed by atoms with Crippen LogP contribution in [-0.4, -0.2) is 53.8 Å². The minimum absolute atomic E-state index is 0.0615. The van der Waals surface area contributed by atoms with Gasteiger partial charge >= 0.3 is 0 Å². The molecule has 1 amide bonds. The van der Waals surface area contributed by atoms with Gasteiger partial charge in [0.15, 0.2) is 0 Å². The first-order chi connectivity index (χ1) is 9.61. The molecule has 110 valence electrons. The standard InChI is InChI=1S/C14H17BrClFN2O/c15-4-7-18-5-1-6-19(9-8-18)14(20)12-10-11(16)2-3-13(12)17/h2-3,10H,1,4-9H2. The van der Waals surface area contributed by atoms with Gasteiger partial charge in [0.2, 0.25) is 0 Å². The van der Waals surface area contributed by atoms with E-state index in [9.17, 15) is 9.18 Å². The van der Waals surface area contributed by atoms with Gasteiger partial charge in [-0.2, -0.15) is 0 Å². The first-order valence-corrected chi connectivity index (χ1v) is 8.14. The third-order valence-electron chi connectivity index (χ3n) is 3.44. The molecule has 0 atom stereocenters. The average Bonchev–Trinajstić information content (AvgIpc) is 2.67. The molecular formula is C14H17BrClFN2O. The van der Waals surface area contributed by atoms with Crippen molar-refractivity contribution in [1.29, 1.82) is 0 Å². The Kier molecular flexibility index (Phi) is 5.81. The Balaban J connectivity index is 2.07. The van der Waals surface area contributed by atoms with Gasteiger partial charge in [0, 0.05) is 36.5 Å². The zero-order valence-electron chi connectivity index (χ0n) is 11.1. The maximum absolute atomic E-state index is 13.8. The van der Waals surface area contributed by atoms with Crippen LogP contribution < -0.4 is 0 Å². The van der Waals surface area contributed by atoms with Gasteiger partial charge in [0.05, 0.1) is 5.56 Å². The lowest BCUT2D eigenvalue weighted by Crippen LogP contribution is -2.36. The van der Waals surface area contributed by atoms with E-state index in [2.05, 4.69) is 20.8 Å². The molecule has 0 aliphatic carbocycles. The fraction of sp³-hybridized carbons (Fsp3) is 0.500. The second kappa shape index (κ2) is 7.38. The van der Waals surface area contributed by atoms with Gasteiger partial charge < -0.3 is 9.80 Å². The fourth-order valence-electron chi connectivity index (χ4n) is 2.35. The van der Waals surface area contributed by atoms with Gasteiger partial charge in [-0.25, -0.2) is 4.39 Å². The van der Waals surface area contributed by atoms with E-state index in [0.29, 0.717) is 18.1 Å². The van der Waals surface area contributed by atoms with Crippen LogP contribution >= 0.6 is 27.5 Å². The van der Waals surface area contributed by atoms with Gasteiger partial charge in [-0.05, 0) is 31.2 Å². The van der Waals surface area contributed by atoms with Crippen molar-refractivity contribution in [2.75, 3.05) is 38.1 Å². The number of hydrogen-bond donors (Lipinski definition) is 0. The molecule has 0 unspecified atom stereocenters. The van der Waals surface area contributed by atoms with Crippen molar-refractivity contribution in [3.8, 4) is 0 Å². The van der Waals surface area contributed by atoms with E-state index < -0.39 is 5.82 Å². The lowest BCUT2D eigenvalue weighted by Gasteiger charge is -2.21. The molecule has 1 saturated heterocycles. The quantitative estimate of drug-likeness (QED) is 0.771. The first-order valence-electron chi connectivity index (χ1n) is 6.64. The third kappa shape index (κ3) is 3.93. The van der Waals surface area contributed by atoms with Crippen LogP contribution in [0.1, 0.15) is 16.8 Å². The van der Waals surface area contributed by atoms with Crippen molar-refractivity contribution in [3.63, 3.8) is 0 Å². The maximum Gasteiger partial charge on any atom is 0.256 e. The zero-order valence-corrected chi connectivity index (χ0v) is 13.5. The molecule has 1 aromatic carbocycles. The van der Waals surface area contributed by atoms with Gasteiger partial charge in [-0.15, -0.1) is 0 Å². The molecule has 0 bridgehead atoms. The van der Waals surface area contributed by atoms with Gasteiger partial charge in [0.25, 0.3) is 5.91 Å². The summed E-state index contributed by atoms with van der Waals surface area (Å²) in [5, 5.41) is 1.30. The molecule has 0 radical (unpaired) electrons. The highest BCUT2D eigenvalue weighted by molar-refractivity contribution is 9.09. The molecule has 0 aromatic heterocycles. The highest BCUT2D eigenvalue weighted by Gasteiger charge is 2.22. The van der Waals surface area contributed by atoms with E-state index in [1.165, 1.54) is 18.2 Å². The van der Waals surface area contributed by atoms with Crippen LogP contribution in [0, 0.1) is 5.82 Å². The number of carbonyl (C=O) groups excluding carboxylic acids is 1. The van der Waals surface area contributed by atoms with Gasteiger partial charge in [0.1, 0.15) is 5.82 Å². The Morgan fingerprint density at radius 1 is 1.30 bits per heavy atom. The third-order valence-corrected chi connectivity index (χ3v) is 4.03. The largest absolute Gasteiger partial charge is 0.337 e. The van der Waals surface area contributed by atoms with Gasteiger partial charge in [-0.1, -0.05) is 27.5 Å². The number of hydrogen-bond acceptors (Lipinski definition) is 2. The summed E-state index contributed by atoms with van der Waals surface area (Å²) < 4.78 is 13.8. The number of carbonyl (C=O) groups is 1. The average molecular weight is 364 g/mol. The Morgan fingerprint density at radius 2 is 2.10 bits per heavy atom. The molecule has 1 fully saturated rings. The van der Waals surface area contributed by atoms with Crippen LogP contribution in [-0.2, 0) is 0 Å². The van der Waals surface area contributed by atoms with Crippen LogP contribution in [0.5, 0.6) is 0 Å². The summed E-state index contributed by atoms with van der Waals surface area (Å²) in [7, 11) is 0. The van der Waals surface area contributed by atoms with Crippen LogP contribution in [0.25, 0.3) is 0 Å². The molecule has 2 rings (SSSR count). The summed E-state index contributed by atoms with van der Waals surface area (Å²) in [6.07, 6.45) is 0.904. The van der Waals surface area contributed by atoms with E-state index in [1.807, 2.05) is 0 Å². The van der Waals surface area contributed by atoms with Crippen molar-refractivity contribution in [3.05, 3.63) is 34.6 Å². The summed E-state index contributed by atoms with van der Waals surface area (Å²) in [6.45, 7) is 4.03. The van der Waals surface area contributed by atoms with E-state index in [1.54, 1.807) is 4.90 Å². The lowest BCUT2D eigenvalue weighted by atomic mass is 10.2. The predicted octanol–water partition coefficient (Wildman–Crippen LogP) is 3.02. The van der Waals surface area contributed by atoms with E-state index in [-0.39, 0.29) is 11.5 Å². The maximum atomic E-state index is 13.8. The van der Waals surface area contributed by atoms with Crippen LogP contribution in [0.3, 0.4) is 0 Å². The number of alkyl halides is 1. The minimum Gasteiger partial charge on any atom is -0.337 e. The Labute approximate surface area is 131 Å². The summed E-state index contributed by atoms with van der Waals surface area (Å²) in [4.78, 5) is 16.4. The summed E-state index contributed by atoms with van der Waals surface area (Å²) in [6, 6.07) is 4.10. The van der Waals surface area contributed by atoms with Gasteiger partial charge in [-0.3, -0.25) is 4.79 Å². The lowest BCUT2D eigenvalue weighted by molar-refractivity contribution is 0.0757. The molecule has 1 heterocycles. The molecule has 3 nitrogen and oxygen atoms in total. The van der Waals surface area contributed by atoms with E-state index in [4.69, 9.17) is 11.6 Å². The Morgan fingerprint density at radius 3 is 2.85 bits per heavy atom. The van der Waals surface area contributed by atoms with E-state index >= 15 is 0 Å². The van der Waals surface area contributed by atoms with Crippen LogP contribution in [0.15, 0.2) is 18.2 Å². The number of rotatable bonds is 3. The second-order valence-corrected chi connectivity index (χ2v) is 6.03. The topological polar surface area (TPSA) is 23.6 Å². The SMILES string of the molecule is O=C(c1cc(Cl)ccc1F)N1CCCN(CCBr)CC1. The summed E-state index contributed by atoms with van der Waals surface area (Å²) in [5.74, 6) is -0.786. The van der Waals surface area contributed by atoms with Crippen molar-refractivity contribution in [1.82, 2.24) is 9.80 Å². The molecule has 0 N–H and O–H groups in total. The number of amides is 1. The molecular weight excluding hydrogens is 347 g/mol. The Bertz CT molecular complexity index is 486. The first kappa shape index (κ1) is 15.7. The molecule has 0 spiro atoms. The molecule has 20 heavy (non-hydrogen) atoms. The van der Waals surface area contributed by atoms with Crippen molar-refractivity contribution >= 4 is 33.4 Å². The number of halogens is 3. The van der Waals surface area contributed by atoms with E-state index in [0.717, 1.165) is 31.4 Å². The molecule has 1 aromatic rings. The van der Waals surface area contributed by atoms with Crippen LogP contribution in [0.2, 0.25) is 5.02 Å². The molecule has 6 heteroatoms. The highest BCUT2D eigenvalue weighted by Crippen LogP contribution is 2.17. The van der Waals surface area contributed by atoms with Crippen molar-refractivity contribution in [2.45, 2.75) is 6.42 Å². The smallest absolute Gasteiger partial charge is 0.256 e. The van der Waals surface area contributed by atoms with Crippen molar-refractivity contribution in [2.24, 2.45) is 0 Å². The highest BCUT2D eigenvalue weighted by atomic mass is 79.9. The molecule has 0 saturated carbocycles. The molecule has 1 aliphatic rings. The predicted molar refractivity (Wildman–Crippen MR) is 82.2 cm³/mol. The van der Waals surface area contributed by atoms with Crippen LogP contribution in [0.4, 0.5) is 4.39 Å². The fourth-order valence-corrected chi connectivity index (χ4v) is 3.02. The zero-order chi connectivity index (χ0) is 14.5. The monoisotopic (exact) mass is 362 g/mol. The van der Waals surface area contributed by atoms with Crippen molar-refractivity contribution < 1.29 is 9.18 Å². The second-order valence-electron chi connectivity index (χ2n) is 4.80. The normalized spacial score (nSPS) is 17.1. The summed E-state index contributed by atoms with van der Waals surface area (Å²) >= 11 is 9.27. The summed E-state index contributed by atoms with van der Waals surface area (Å²) in [5.41, 5.74) is 0.0615. The minimum atomic E-state index is -0.513. The number of benzene rings is 1. The molecule has 1 aliphatic heterocycles. The Hall–Kier alpha value is -0.650.